The van der Waals surface area contributed by atoms with Crippen molar-refractivity contribution in [2.75, 3.05) is 0 Å². The zero-order valence-electron chi connectivity index (χ0n) is 13.5. The molecule has 3 aromatic carbocycles. The minimum atomic E-state index is 1.19. The minimum Gasteiger partial charge on any atom is -0.0622 e. The molecule has 0 aliphatic rings. The fourth-order valence-electron chi connectivity index (χ4n) is 2.48. The van der Waals surface area contributed by atoms with Crippen molar-refractivity contribution < 1.29 is 0 Å². The summed E-state index contributed by atoms with van der Waals surface area (Å²) >= 11 is 0. The smallest absolute Gasteiger partial charge is 0.0178 e. The predicted octanol–water partition coefficient (Wildman–Crippen LogP) is 6.50. The Labute approximate surface area is 144 Å². The second kappa shape index (κ2) is 8.50. The molecular weight excluding hydrogens is 288 g/mol. The standard InChI is InChI=1S/C24H20/c1-4-12-21(13-5-1)14-10-11-19-24(23-17-8-3-9-18-23)20-22-15-6-2-7-16-22/h1-20H. The first kappa shape index (κ1) is 15.8. The van der Waals surface area contributed by atoms with Crippen LogP contribution < -0.4 is 0 Å². The van der Waals surface area contributed by atoms with E-state index in [-0.39, 0.29) is 0 Å². The molecule has 0 heterocycles. The van der Waals surface area contributed by atoms with E-state index in [1.165, 1.54) is 22.3 Å². The molecule has 116 valence electrons. The second-order valence-electron chi connectivity index (χ2n) is 5.51. The van der Waals surface area contributed by atoms with Gasteiger partial charge >= 0.3 is 0 Å². The first-order valence-corrected chi connectivity index (χ1v) is 8.14. The maximum absolute atomic E-state index is 2.21. The molecule has 0 aliphatic carbocycles. The Hall–Kier alpha value is -3.12. The highest BCUT2D eigenvalue weighted by Gasteiger charge is 1.97. The third-order valence-corrected chi connectivity index (χ3v) is 3.70. The maximum atomic E-state index is 2.21. The molecule has 0 N–H and O–H groups in total. The average Bonchev–Trinajstić information content (AvgIpc) is 2.66. The molecule has 0 radical (unpaired) electrons. The molecule has 0 fully saturated rings. The van der Waals surface area contributed by atoms with Crippen molar-refractivity contribution in [3.05, 3.63) is 126 Å². The van der Waals surface area contributed by atoms with Crippen LogP contribution in [0.5, 0.6) is 0 Å². The van der Waals surface area contributed by atoms with Crippen molar-refractivity contribution in [1.29, 1.82) is 0 Å². The SMILES string of the molecule is C(C=Cc1ccccc1)=CC(=Cc1ccccc1)c1ccccc1. The normalized spacial score (nSPS) is 12.1. The third-order valence-electron chi connectivity index (χ3n) is 3.70. The lowest BCUT2D eigenvalue weighted by atomic mass is 10.0. The van der Waals surface area contributed by atoms with Crippen molar-refractivity contribution in [2.24, 2.45) is 0 Å². The average molecular weight is 308 g/mol. The lowest BCUT2D eigenvalue weighted by Gasteiger charge is -2.03. The van der Waals surface area contributed by atoms with Crippen LogP contribution in [-0.4, -0.2) is 0 Å². The molecule has 0 nitrogen and oxygen atoms in total. The van der Waals surface area contributed by atoms with Crippen LogP contribution in [0.25, 0.3) is 17.7 Å². The first-order chi connectivity index (χ1) is 11.9. The Morgan fingerprint density at radius 3 is 1.71 bits per heavy atom. The Bertz CT molecular complexity index is 823. The van der Waals surface area contributed by atoms with Gasteiger partial charge < -0.3 is 0 Å². The van der Waals surface area contributed by atoms with Gasteiger partial charge in [0.25, 0.3) is 0 Å². The van der Waals surface area contributed by atoms with Crippen molar-refractivity contribution in [2.45, 2.75) is 0 Å². The van der Waals surface area contributed by atoms with Crippen LogP contribution in [0.15, 0.2) is 109 Å². The van der Waals surface area contributed by atoms with E-state index in [1.54, 1.807) is 0 Å². The topological polar surface area (TPSA) is 0 Å². The van der Waals surface area contributed by atoms with Crippen molar-refractivity contribution in [1.82, 2.24) is 0 Å². The lowest BCUT2D eigenvalue weighted by Crippen LogP contribution is -1.81. The van der Waals surface area contributed by atoms with E-state index in [2.05, 4.69) is 91.0 Å². The molecule has 0 aromatic heterocycles. The predicted molar refractivity (Wildman–Crippen MR) is 105 cm³/mol. The van der Waals surface area contributed by atoms with E-state index in [9.17, 15) is 0 Å². The van der Waals surface area contributed by atoms with Crippen LogP contribution in [0.2, 0.25) is 0 Å². The molecule has 24 heavy (non-hydrogen) atoms. The Morgan fingerprint density at radius 2 is 1.08 bits per heavy atom. The number of rotatable bonds is 5. The monoisotopic (exact) mass is 308 g/mol. The molecule has 0 unspecified atom stereocenters. The summed E-state index contributed by atoms with van der Waals surface area (Å²) in [5, 5.41) is 0. The van der Waals surface area contributed by atoms with Crippen LogP contribution in [0, 0.1) is 0 Å². The highest BCUT2D eigenvalue weighted by atomic mass is 14.0. The van der Waals surface area contributed by atoms with E-state index < -0.39 is 0 Å². The fraction of sp³-hybridized carbons (Fsp3) is 0. The van der Waals surface area contributed by atoms with E-state index in [0.29, 0.717) is 0 Å². The van der Waals surface area contributed by atoms with Crippen molar-refractivity contribution in [3.8, 4) is 0 Å². The Kier molecular flexibility index (Phi) is 5.58. The second-order valence-corrected chi connectivity index (χ2v) is 5.51. The highest BCUT2D eigenvalue weighted by Crippen LogP contribution is 2.19. The van der Waals surface area contributed by atoms with Gasteiger partial charge in [-0.3, -0.25) is 0 Å². The molecule has 0 aliphatic heterocycles. The highest BCUT2D eigenvalue weighted by molar-refractivity contribution is 5.87. The zero-order chi connectivity index (χ0) is 16.5. The Morgan fingerprint density at radius 1 is 0.542 bits per heavy atom. The van der Waals surface area contributed by atoms with Gasteiger partial charge in [-0.25, -0.2) is 0 Å². The molecule has 0 atom stereocenters. The summed E-state index contributed by atoms with van der Waals surface area (Å²) in [6.45, 7) is 0. The summed E-state index contributed by atoms with van der Waals surface area (Å²) in [5.74, 6) is 0. The fourth-order valence-corrected chi connectivity index (χ4v) is 2.48. The Balaban J connectivity index is 1.84. The van der Waals surface area contributed by atoms with Gasteiger partial charge in [-0.1, -0.05) is 115 Å². The molecule has 0 amide bonds. The molecule has 0 heteroatoms. The zero-order valence-corrected chi connectivity index (χ0v) is 13.5. The van der Waals surface area contributed by atoms with Crippen molar-refractivity contribution >= 4 is 17.7 Å². The molecular formula is C24H20. The molecule has 3 rings (SSSR count). The third kappa shape index (κ3) is 4.69. The molecule has 3 aromatic rings. The summed E-state index contributed by atoms with van der Waals surface area (Å²) in [4.78, 5) is 0. The summed E-state index contributed by atoms with van der Waals surface area (Å²) in [6.07, 6.45) is 10.7. The number of benzene rings is 3. The summed E-state index contributed by atoms with van der Waals surface area (Å²) in [5.41, 5.74) is 4.81. The van der Waals surface area contributed by atoms with Gasteiger partial charge in [0.15, 0.2) is 0 Å². The molecule has 0 spiro atoms. The van der Waals surface area contributed by atoms with Crippen molar-refractivity contribution in [3.63, 3.8) is 0 Å². The van der Waals surface area contributed by atoms with E-state index in [4.69, 9.17) is 0 Å². The van der Waals surface area contributed by atoms with Crippen LogP contribution in [0.3, 0.4) is 0 Å². The van der Waals surface area contributed by atoms with Gasteiger partial charge in [0.1, 0.15) is 0 Å². The number of hydrogen-bond acceptors (Lipinski definition) is 0. The number of allylic oxidation sites excluding steroid dienone is 4. The quantitative estimate of drug-likeness (QED) is 0.373. The summed E-state index contributed by atoms with van der Waals surface area (Å²) < 4.78 is 0. The lowest BCUT2D eigenvalue weighted by molar-refractivity contribution is 1.61. The number of hydrogen-bond donors (Lipinski definition) is 0. The van der Waals surface area contributed by atoms with Crippen LogP contribution >= 0.6 is 0 Å². The van der Waals surface area contributed by atoms with Gasteiger partial charge in [-0.2, -0.15) is 0 Å². The summed E-state index contributed by atoms with van der Waals surface area (Å²) in [7, 11) is 0. The molecule has 0 saturated carbocycles. The minimum absolute atomic E-state index is 1.19. The van der Waals surface area contributed by atoms with Gasteiger partial charge in [-0.05, 0) is 28.3 Å². The molecule has 0 saturated heterocycles. The summed E-state index contributed by atoms with van der Waals surface area (Å²) in [6, 6.07) is 31.2. The van der Waals surface area contributed by atoms with Gasteiger partial charge in [-0.15, -0.1) is 0 Å². The molecule has 0 bridgehead atoms. The largest absolute Gasteiger partial charge is 0.0622 e. The van der Waals surface area contributed by atoms with E-state index >= 15 is 0 Å². The van der Waals surface area contributed by atoms with Crippen LogP contribution in [-0.2, 0) is 0 Å². The van der Waals surface area contributed by atoms with Gasteiger partial charge in [0.05, 0.1) is 0 Å². The van der Waals surface area contributed by atoms with E-state index in [0.717, 1.165) is 0 Å². The van der Waals surface area contributed by atoms with Crippen LogP contribution in [0.1, 0.15) is 16.7 Å². The van der Waals surface area contributed by atoms with Crippen LogP contribution in [0.4, 0.5) is 0 Å². The van der Waals surface area contributed by atoms with E-state index in [1.807, 2.05) is 30.3 Å². The van der Waals surface area contributed by atoms with Gasteiger partial charge in [0, 0.05) is 0 Å². The first-order valence-electron chi connectivity index (χ1n) is 8.14. The maximum Gasteiger partial charge on any atom is -0.0178 e. The van der Waals surface area contributed by atoms with Gasteiger partial charge in [0.2, 0.25) is 0 Å².